The van der Waals surface area contributed by atoms with Crippen LogP contribution >= 0.6 is 0 Å². The molecular weight excluding hydrogens is 432 g/mol. The molecule has 34 heavy (non-hydrogen) atoms. The van der Waals surface area contributed by atoms with Crippen molar-refractivity contribution in [3.05, 3.63) is 77.4 Å². The minimum Gasteiger partial charge on any atom is -0.495 e. The molecule has 0 radical (unpaired) electrons. The van der Waals surface area contributed by atoms with Gasteiger partial charge in [0.15, 0.2) is 11.5 Å². The van der Waals surface area contributed by atoms with Crippen molar-refractivity contribution in [2.75, 3.05) is 39.5 Å². The Labute approximate surface area is 199 Å². The Bertz CT molecular complexity index is 1180. The molecule has 3 aromatic rings. The molecule has 0 aliphatic carbocycles. The maximum Gasteiger partial charge on any atom is 0.248 e. The summed E-state index contributed by atoms with van der Waals surface area (Å²) in [6, 6.07) is 16.6. The first kappa shape index (κ1) is 24.3. The standard InChI is InChI=1S/C27H28N2O5/c1-31-23-15-19(9-13-22(23)28)10-14-26(30)29-21-11-7-18(8-12-21)5-6-20-16-24(32-2)27(34-4)25(17-20)33-3/h5-17H,28H2,1-4H3,(H,29,30)/b6-5?,14-10+. The molecule has 0 aliphatic heterocycles. The van der Waals surface area contributed by atoms with Crippen LogP contribution in [0, 0.1) is 0 Å². The summed E-state index contributed by atoms with van der Waals surface area (Å²) < 4.78 is 21.3. The minimum atomic E-state index is -0.239. The highest BCUT2D eigenvalue weighted by Crippen LogP contribution is 2.38. The molecule has 0 spiro atoms. The summed E-state index contributed by atoms with van der Waals surface area (Å²) in [6.07, 6.45) is 7.07. The Kier molecular flexibility index (Phi) is 8.18. The van der Waals surface area contributed by atoms with Crippen LogP contribution in [0.5, 0.6) is 23.0 Å². The number of nitrogens with two attached hydrogens (primary N) is 1. The van der Waals surface area contributed by atoms with Crippen LogP contribution in [0.2, 0.25) is 0 Å². The van der Waals surface area contributed by atoms with Crippen molar-refractivity contribution < 1.29 is 23.7 Å². The van der Waals surface area contributed by atoms with Gasteiger partial charge in [0.1, 0.15) is 5.75 Å². The van der Waals surface area contributed by atoms with Gasteiger partial charge in [0.05, 0.1) is 34.1 Å². The van der Waals surface area contributed by atoms with Crippen LogP contribution in [0.4, 0.5) is 11.4 Å². The SMILES string of the molecule is COc1cc(/C=C/C(=O)Nc2ccc(C=Cc3cc(OC)c(OC)c(OC)c3)cc2)ccc1N. The summed E-state index contributed by atoms with van der Waals surface area (Å²) in [6.45, 7) is 0. The molecule has 7 nitrogen and oxygen atoms in total. The molecule has 0 heterocycles. The van der Waals surface area contributed by atoms with Gasteiger partial charge in [-0.1, -0.05) is 30.4 Å². The van der Waals surface area contributed by atoms with Crippen LogP contribution in [0.25, 0.3) is 18.2 Å². The van der Waals surface area contributed by atoms with Crippen molar-refractivity contribution in [1.82, 2.24) is 0 Å². The van der Waals surface area contributed by atoms with Crippen molar-refractivity contribution in [1.29, 1.82) is 0 Å². The number of carbonyl (C=O) groups is 1. The average molecular weight is 461 g/mol. The largest absolute Gasteiger partial charge is 0.495 e. The molecule has 0 aromatic heterocycles. The number of hydrogen-bond acceptors (Lipinski definition) is 6. The average Bonchev–Trinajstić information content (AvgIpc) is 2.87. The second-order valence-corrected chi connectivity index (χ2v) is 7.24. The Hall–Kier alpha value is -4.39. The van der Waals surface area contributed by atoms with Crippen LogP contribution in [-0.4, -0.2) is 34.3 Å². The molecule has 0 bridgehead atoms. The molecule has 1 amide bonds. The summed E-state index contributed by atoms with van der Waals surface area (Å²) >= 11 is 0. The van der Waals surface area contributed by atoms with Gasteiger partial charge in [-0.2, -0.15) is 0 Å². The predicted octanol–water partition coefficient (Wildman–Crippen LogP) is 5.13. The zero-order chi connectivity index (χ0) is 24.5. The maximum absolute atomic E-state index is 12.3. The van der Waals surface area contributed by atoms with E-state index in [9.17, 15) is 4.79 Å². The Morgan fingerprint density at radius 3 is 1.85 bits per heavy atom. The number of nitrogens with one attached hydrogen (secondary N) is 1. The fourth-order valence-electron chi connectivity index (χ4n) is 3.25. The summed E-state index contributed by atoms with van der Waals surface area (Å²) in [5.74, 6) is 2.05. The van der Waals surface area contributed by atoms with Crippen molar-refractivity contribution in [3.8, 4) is 23.0 Å². The molecule has 3 rings (SSSR count). The minimum absolute atomic E-state index is 0.239. The van der Waals surface area contributed by atoms with Crippen molar-refractivity contribution in [3.63, 3.8) is 0 Å². The molecule has 0 atom stereocenters. The third-order valence-corrected chi connectivity index (χ3v) is 5.02. The maximum atomic E-state index is 12.3. The van der Waals surface area contributed by atoms with Gasteiger partial charge in [-0.25, -0.2) is 0 Å². The number of benzene rings is 3. The van der Waals surface area contributed by atoms with E-state index in [1.807, 2.05) is 54.6 Å². The lowest BCUT2D eigenvalue weighted by Crippen LogP contribution is -2.07. The predicted molar refractivity (Wildman–Crippen MR) is 137 cm³/mol. The Morgan fingerprint density at radius 1 is 0.706 bits per heavy atom. The molecular formula is C27H28N2O5. The molecule has 176 valence electrons. The van der Waals surface area contributed by atoms with E-state index >= 15 is 0 Å². The van der Waals surface area contributed by atoms with Gasteiger partial charge < -0.3 is 30.0 Å². The fourth-order valence-corrected chi connectivity index (χ4v) is 3.25. The molecule has 0 unspecified atom stereocenters. The monoisotopic (exact) mass is 460 g/mol. The van der Waals surface area contributed by atoms with Gasteiger partial charge >= 0.3 is 0 Å². The van der Waals surface area contributed by atoms with Crippen LogP contribution in [0.3, 0.4) is 0 Å². The third kappa shape index (κ3) is 6.10. The number of rotatable bonds is 9. The molecule has 3 aromatic carbocycles. The van der Waals surface area contributed by atoms with Crippen molar-refractivity contribution in [2.45, 2.75) is 0 Å². The van der Waals surface area contributed by atoms with E-state index in [1.54, 1.807) is 46.6 Å². The molecule has 0 saturated heterocycles. The summed E-state index contributed by atoms with van der Waals surface area (Å²) in [5.41, 5.74) is 9.73. The van der Waals surface area contributed by atoms with Gasteiger partial charge in [0.2, 0.25) is 11.7 Å². The number of hydrogen-bond donors (Lipinski definition) is 2. The number of ether oxygens (including phenoxy) is 4. The van der Waals surface area contributed by atoms with Crippen molar-refractivity contribution >= 4 is 35.5 Å². The fraction of sp³-hybridized carbons (Fsp3) is 0.148. The van der Waals surface area contributed by atoms with E-state index in [0.29, 0.717) is 34.4 Å². The highest BCUT2D eigenvalue weighted by molar-refractivity contribution is 6.02. The Morgan fingerprint density at radius 2 is 1.26 bits per heavy atom. The second-order valence-electron chi connectivity index (χ2n) is 7.24. The van der Waals surface area contributed by atoms with Crippen LogP contribution in [0.15, 0.2) is 60.7 Å². The topological polar surface area (TPSA) is 92.0 Å². The Balaban J connectivity index is 1.65. The summed E-state index contributed by atoms with van der Waals surface area (Å²) in [4.78, 5) is 12.3. The van der Waals surface area contributed by atoms with E-state index in [2.05, 4.69) is 5.32 Å². The van der Waals surface area contributed by atoms with E-state index in [0.717, 1.165) is 16.7 Å². The van der Waals surface area contributed by atoms with Crippen LogP contribution in [0.1, 0.15) is 16.7 Å². The first-order valence-corrected chi connectivity index (χ1v) is 10.5. The summed E-state index contributed by atoms with van der Waals surface area (Å²) in [7, 11) is 6.29. The lowest BCUT2D eigenvalue weighted by molar-refractivity contribution is -0.111. The van der Waals surface area contributed by atoms with Gasteiger partial charge in [0, 0.05) is 11.8 Å². The van der Waals surface area contributed by atoms with Crippen LogP contribution < -0.4 is 30.0 Å². The third-order valence-electron chi connectivity index (χ3n) is 5.02. The zero-order valence-corrected chi connectivity index (χ0v) is 19.6. The normalized spacial score (nSPS) is 10.9. The number of anilines is 2. The molecule has 0 aliphatic rings. The lowest BCUT2D eigenvalue weighted by Gasteiger charge is -2.12. The van der Waals surface area contributed by atoms with E-state index in [-0.39, 0.29) is 5.91 Å². The number of methoxy groups -OCH3 is 4. The second kappa shape index (κ2) is 11.5. The zero-order valence-electron chi connectivity index (χ0n) is 19.6. The van der Waals surface area contributed by atoms with E-state index in [1.165, 1.54) is 6.08 Å². The molecule has 3 N–H and O–H groups in total. The van der Waals surface area contributed by atoms with Gasteiger partial charge in [0.25, 0.3) is 0 Å². The highest BCUT2D eigenvalue weighted by Gasteiger charge is 2.12. The number of amides is 1. The first-order chi connectivity index (χ1) is 16.5. The highest BCUT2D eigenvalue weighted by atomic mass is 16.5. The van der Waals surface area contributed by atoms with E-state index in [4.69, 9.17) is 24.7 Å². The number of carbonyl (C=O) groups excluding carboxylic acids is 1. The van der Waals surface area contributed by atoms with Gasteiger partial charge in [-0.05, 0) is 59.2 Å². The number of nitrogen functional groups attached to an aromatic ring is 1. The molecule has 7 heteroatoms. The molecule has 0 fully saturated rings. The quantitative estimate of drug-likeness (QED) is 0.261. The summed E-state index contributed by atoms with van der Waals surface area (Å²) in [5, 5.41) is 2.84. The first-order valence-electron chi connectivity index (χ1n) is 10.5. The van der Waals surface area contributed by atoms with Gasteiger partial charge in [-0.3, -0.25) is 4.79 Å². The van der Waals surface area contributed by atoms with Crippen molar-refractivity contribution in [2.24, 2.45) is 0 Å². The smallest absolute Gasteiger partial charge is 0.248 e. The molecule has 0 saturated carbocycles. The van der Waals surface area contributed by atoms with E-state index < -0.39 is 0 Å². The van der Waals surface area contributed by atoms with Gasteiger partial charge in [-0.15, -0.1) is 0 Å². The van der Waals surface area contributed by atoms with Crippen LogP contribution in [-0.2, 0) is 4.79 Å². The lowest BCUT2D eigenvalue weighted by atomic mass is 10.1.